The highest BCUT2D eigenvalue weighted by atomic mass is 19.3. The SMILES string of the molecule is C[C@@H](c1ccccc1)N1C(=O)C(F)(F)/C1=C/c1ccccc1. The number of β-lactam (4-membered cyclic amide) rings is 1. The Labute approximate surface area is 127 Å². The third-order valence-corrected chi connectivity index (χ3v) is 3.84. The summed E-state index contributed by atoms with van der Waals surface area (Å²) in [6.07, 6.45) is 1.38. The summed E-state index contributed by atoms with van der Waals surface area (Å²) in [4.78, 5) is 13.0. The number of nitrogens with zero attached hydrogens (tertiary/aromatic N) is 1. The number of carbonyl (C=O) groups is 1. The fourth-order valence-corrected chi connectivity index (χ4v) is 2.60. The van der Waals surface area contributed by atoms with Gasteiger partial charge in [-0.3, -0.25) is 9.69 Å². The Hall–Kier alpha value is -2.49. The number of hydrogen-bond donors (Lipinski definition) is 0. The standard InChI is InChI=1S/C18H15F2NO/c1-13(15-10-6-3-7-11-15)21-16(18(19,20)17(21)22)12-14-8-4-2-5-9-14/h2-13H,1H3/b16-12-/t13-/m0/s1. The highest BCUT2D eigenvalue weighted by Gasteiger charge is 2.60. The predicted octanol–water partition coefficient (Wildman–Crippen LogP) is 4.27. The van der Waals surface area contributed by atoms with E-state index in [0.29, 0.717) is 5.56 Å². The first-order valence-corrected chi connectivity index (χ1v) is 7.05. The fourth-order valence-electron chi connectivity index (χ4n) is 2.60. The van der Waals surface area contributed by atoms with E-state index in [1.807, 2.05) is 36.4 Å². The first-order valence-electron chi connectivity index (χ1n) is 7.05. The smallest absolute Gasteiger partial charge is 0.297 e. The molecule has 1 amide bonds. The number of hydrogen-bond acceptors (Lipinski definition) is 1. The van der Waals surface area contributed by atoms with Gasteiger partial charge in [0.25, 0.3) is 0 Å². The number of alkyl halides is 2. The summed E-state index contributed by atoms with van der Waals surface area (Å²) < 4.78 is 27.9. The molecule has 4 heteroatoms. The van der Waals surface area contributed by atoms with E-state index in [1.54, 1.807) is 31.2 Å². The average Bonchev–Trinajstić information content (AvgIpc) is 2.56. The molecule has 0 unspecified atom stereocenters. The minimum absolute atomic E-state index is 0.250. The van der Waals surface area contributed by atoms with E-state index in [9.17, 15) is 13.6 Å². The van der Waals surface area contributed by atoms with Gasteiger partial charge in [0.05, 0.1) is 6.04 Å². The largest absolute Gasteiger partial charge is 0.364 e. The average molecular weight is 299 g/mol. The first-order chi connectivity index (χ1) is 10.5. The molecule has 2 aromatic rings. The molecule has 0 N–H and O–H groups in total. The number of rotatable bonds is 3. The molecule has 1 aliphatic heterocycles. The van der Waals surface area contributed by atoms with Crippen LogP contribution in [0.1, 0.15) is 24.1 Å². The van der Waals surface area contributed by atoms with Gasteiger partial charge in [0, 0.05) is 0 Å². The highest BCUT2D eigenvalue weighted by Crippen LogP contribution is 2.45. The van der Waals surface area contributed by atoms with Crippen LogP contribution >= 0.6 is 0 Å². The minimum Gasteiger partial charge on any atom is -0.297 e. The van der Waals surface area contributed by atoms with E-state index < -0.39 is 17.9 Å². The van der Waals surface area contributed by atoms with Gasteiger partial charge in [-0.15, -0.1) is 0 Å². The second-order valence-electron chi connectivity index (χ2n) is 5.28. The van der Waals surface area contributed by atoms with E-state index in [4.69, 9.17) is 0 Å². The molecule has 1 fully saturated rings. The normalized spacial score (nSPS) is 19.9. The van der Waals surface area contributed by atoms with Crippen molar-refractivity contribution in [3.05, 3.63) is 77.5 Å². The van der Waals surface area contributed by atoms with Crippen LogP contribution < -0.4 is 0 Å². The molecule has 3 rings (SSSR count). The number of likely N-dealkylation sites (tertiary alicyclic amines) is 1. The molecule has 0 spiro atoms. The summed E-state index contributed by atoms with van der Waals surface area (Å²) in [6, 6.07) is 17.6. The Kier molecular flexibility index (Phi) is 3.53. The maximum atomic E-state index is 13.9. The lowest BCUT2D eigenvalue weighted by Crippen LogP contribution is -2.59. The van der Waals surface area contributed by atoms with Crippen molar-refractivity contribution < 1.29 is 13.6 Å². The zero-order chi connectivity index (χ0) is 15.7. The molecule has 0 saturated carbocycles. The molecule has 0 aliphatic carbocycles. The van der Waals surface area contributed by atoms with Gasteiger partial charge in [-0.2, -0.15) is 8.78 Å². The van der Waals surface area contributed by atoms with Crippen molar-refractivity contribution in [3.8, 4) is 0 Å². The van der Waals surface area contributed by atoms with E-state index in [2.05, 4.69) is 0 Å². The van der Waals surface area contributed by atoms with Crippen molar-refractivity contribution in [2.24, 2.45) is 0 Å². The lowest BCUT2D eigenvalue weighted by Gasteiger charge is -2.44. The molecule has 0 aromatic heterocycles. The molecule has 1 heterocycles. The summed E-state index contributed by atoms with van der Waals surface area (Å²) >= 11 is 0. The fraction of sp³-hybridized carbons (Fsp3) is 0.167. The van der Waals surface area contributed by atoms with Gasteiger partial charge in [0.1, 0.15) is 5.70 Å². The van der Waals surface area contributed by atoms with Crippen LogP contribution in [0.2, 0.25) is 0 Å². The Morgan fingerprint density at radius 1 is 1.00 bits per heavy atom. The molecule has 0 bridgehead atoms. The van der Waals surface area contributed by atoms with Crippen LogP contribution in [0.4, 0.5) is 8.78 Å². The van der Waals surface area contributed by atoms with Gasteiger partial charge in [0.15, 0.2) is 0 Å². The summed E-state index contributed by atoms with van der Waals surface area (Å²) in [6.45, 7) is 1.75. The van der Waals surface area contributed by atoms with Crippen molar-refractivity contribution in [3.63, 3.8) is 0 Å². The minimum atomic E-state index is -3.42. The maximum absolute atomic E-state index is 13.9. The third-order valence-electron chi connectivity index (χ3n) is 3.84. The van der Waals surface area contributed by atoms with Crippen LogP contribution in [-0.2, 0) is 4.79 Å². The second kappa shape index (κ2) is 5.37. The third kappa shape index (κ3) is 2.30. The Bertz CT molecular complexity index is 710. The van der Waals surface area contributed by atoms with Crippen LogP contribution in [0.15, 0.2) is 66.4 Å². The van der Waals surface area contributed by atoms with Crippen molar-refractivity contribution in [1.29, 1.82) is 0 Å². The van der Waals surface area contributed by atoms with Gasteiger partial charge in [-0.05, 0) is 24.1 Å². The van der Waals surface area contributed by atoms with E-state index >= 15 is 0 Å². The summed E-state index contributed by atoms with van der Waals surface area (Å²) in [7, 11) is 0. The van der Waals surface area contributed by atoms with Crippen LogP contribution in [0.5, 0.6) is 0 Å². The van der Waals surface area contributed by atoms with Gasteiger partial charge >= 0.3 is 11.8 Å². The molecule has 1 saturated heterocycles. The molecule has 112 valence electrons. The van der Waals surface area contributed by atoms with E-state index in [-0.39, 0.29) is 5.70 Å². The number of amides is 1. The van der Waals surface area contributed by atoms with Crippen molar-refractivity contribution in [1.82, 2.24) is 4.90 Å². The molecular weight excluding hydrogens is 284 g/mol. The highest BCUT2D eigenvalue weighted by molar-refractivity contribution is 5.98. The maximum Gasteiger partial charge on any atom is 0.364 e. The molecule has 0 radical (unpaired) electrons. The first kappa shape index (κ1) is 14.4. The molecular formula is C18H15F2NO. The lowest BCUT2D eigenvalue weighted by molar-refractivity contribution is -0.173. The monoisotopic (exact) mass is 299 g/mol. The molecule has 1 atom stereocenters. The van der Waals surface area contributed by atoms with E-state index in [0.717, 1.165) is 5.56 Å². The van der Waals surface area contributed by atoms with E-state index in [1.165, 1.54) is 11.0 Å². The van der Waals surface area contributed by atoms with Crippen molar-refractivity contribution in [2.75, 3.05) is 0 Å². The summed E-state index contributed by atoms with van der Waals surface area (Å²) in [5, 5.41) is 0. The van der Waals surface area contributed by atoms with Gasteiger partial charge in [-0.25, -0.2) is 0 Å². The van der Waals surface area contributed by atoms with Crippen LogP contribution in [0.3, 0.4) is 0 Å². The molecule has 22 heavy (non-hydrogen) atoms. The number of carbonyl (C=O) groups excluding carboxylic acids is 1. The second-order valence-corrected chi connectivity index (χ2v) is 5.28. The van der Waals surface area contributed by atoms with Gasteiger partial charge in [0.2, 0.25) is 0 Å². The van der Waals surface area contributed by atoms with Crippen LogP contribution in [0, 0.1) is 0 Å². The number of benzene rings is 2. The predicted molar refractivity (Wildman–Crippen MR) is 81.1 cm³/mol. The van der Waals surface area contributed by atoms with Crippen molar-refractivity contribution >= 4 is 12.0 Å². The quantitative estimate of drug-likeness (QED) is 0.775. The molecule has 2 aromatic carbocycles. The zero-order valence-electron chi connectivity index (χ0n) is 12.0. The Morgan fingerprint density at radius 2 is 1.55 bits per heavy atom. The van der Waals surface area contributed by atoms with Gasteiger partial charge < -0.3 is 0 Å². The van der Waals surface area contributed by atoms with Crippen LogP contribution in [0.25, 0.3) is 6.08 Å². The van der Waals surface area contributed by atoms with Crippen molar-refractivity contribution in [2.45, 2.75) is 18.9 Å². The summed E-state index contributed by atoms with van der Waals surface area (Å²) in [5.74, 6) is -4.56. The summed E-state index contributed by atoms with van der Waals surface area (Å²) in [5.41, 5.74) is 1.22. The van der Waals surface area contributed by atoms with Crippen LogP contribution in [-0.4, -0.2) is 16.7 Å². The molecule has 2 nitrogen and oxygen atoms in total. The zero-order valence-corrected chi connectivity index (χ0v) is 12.0. The Balaban J connectivity index is 1.96. The van der Waals surface area contributed by atoms with Gasteiger partial charge in [-0.1, -0.05) is 60.7 Å². The molecule has 1 aliphatic rings. The Morgan fingerprint density at radius 3 is 2.14 bits per heavy atom. The number of halogens is 2. The lowest BCUT2D eigenvalue weighted by atomic mass is 9.95. The topological polar surface area (TPSA) is 20.3 Å².